The van der Waals surface area contributed by atoms with Gasteiger partial charge in [-0.15, -0.1) is 0 Å². The molecule has 0 atom stereocenters. The van der Waals surface area contributed by atoms with Crippen molar-refractivity contribution in [2.24, 2.45) is 5.73 Å². The maximum Gasteiger partial charge on any atom is 0.249 e. The molecule has 0 saturated carbocycles. The molecule has 1 amide bonds. The summed E-state index contributed by atoms with van der Waals surface area (Å²) in [6.07, 6.45) is 0. The second-order valence-electron chi connectivity index (χ2n) is 7.96. The second-order valence-corrected chi connectivity index (χ2v) is 7.96. The number of nitrogens with one attached hydrogen (secondary N) is 1. The lowest BCUT2D eigenvalue weighted by Crippen LogP contribution is -2.42. The first-order chi connectivity index (χ1) is 15.2. The maximum absolute atomic E-state index is 12.0. The van der Waals surface area contributed by atoms with Gasteiger partial charge in [0.2, 0.25) is 5.91 Å². The lowest BCUT2D eigenvalue weighted by Gasteiger charge is -2.27. The zero-order valence-electron chi connectivity index (χ0n) is 17.3. The van der Waals surface area contributed by atoms with E-state index in [0.717, 1.165) is 66.1 Å². The average molecular weight is 412 g/mol. The van der Waals surface area contributed by atoms with Crippen LogP contribution in [0.25, 0.3) is 33.4 Å². The number of nitrogens with two attached hydrogens (primary N) is 1. The molecule has 5 nitrogen and oxygen atoms in total. The molecule has 1 aliphatic heterocycles. The van der Waals surface area contributed by atoms with Gasteiger partial charge in [0.05, 0.1) is 0 Å². The zero-order valence-corrected chi connectivity index (χ0v) is 17.3. The number of amides is 1. The van der Waals surface area contributed by atoms with E-state index in [2.05, 4.69) is 34.5 Å². The van der Waals surface area contributed by atoms with Crippen molar-refractivity contribution in [1.82, 2.24) is 10.2 Å². The van der Waals surface area contributed by atoms with E-state index in [4.69, 9.17) is 10.2 Å². The lowest BCUT2D eigenvalue weighted by atomic mass is 9.94. The van der Waals surface area contributed by atoms with Crippen LogP contribution >= 0.6 is 0 Å². The van der Waals surface area contributed by atoms with Gasteiger partial charge in [-0.1, -0.05) is 54.6 Å². The number of primary amides is 1. The van der Waals surface area contributed by atoms with Crippen molar-refractivity contribution in [3.8, 4) is 22.5 Å². The molecule has 5 heteroatoms. The fourth-order valence-corrected chi connectivity index (χ4v) is 4.30. The Morgan fingerprint density at radius 2 is 1.61 bits per heavy atom. The molecule has 0 aliphatic carbocycles. The SMILES string of the molecule is NC(=O)c1ccccc1-c1ccccc1-c1cc2ccc(CN3CCNCC3)cc2o1. The molecule has 31 heavy (non-hydrogen) atoms. The molecular weight excluding hydrogens is 386 g/mol. The topological polar surface area (TPSA) is 71.5 Å². The minimum absolute atomic E-state index is 0.437. The van der Waals surface area contributed by atoms with Crippen molar-refractivity contribution in [2.75, 3.05) is 26.2 Å². The van der Waals surface area contributed by atoms with Crippen LogP contribution in [-0.2, 0) is 6.54 Å². The van der Waals surface area contributed by atoms with Crippen molar-refractivity contribution in [2.45, 2.75) is 6.54 Å². The Hall–Kier alpha value is -3.41. The molecule has 0 spiro atoms. The molecule has 156 valence electrons. The van der Waals surface area contributed by atoms with E-state index in [-0.39, 0.29) is 0 Å². The number of nitrogens with zero attached hydrogens (tertiary/aromatic N) is 1. The summed E-state index contributed by atoms with van der Waals surface area (Å²) in [5.41, 5.74) is 10.9. The van der Waals surface area contributed by atoms with Crippen LogP contribution in [0, 0.1) is 0 Å². The van der Waals surface area contributed by atoms with E-state index in [0.29, 0.717) is 5.56 Å². The van der Waals surface area contributed by atoms with E-state index >= 15 is 0 Å². The van der Waals surface area contributed by atoms with Gasteiger partial charge in [-0.05, 0) is 34.9 Å². The van der Waals surface area contributed by atoms with Gasteiger partial charge >= 0.3 is 0 Å². The largest absolute Gasteiger partial charge is 0.456 e. The Labute approximate surface area is 181 Å². The van der Waals surface area contributed by atoms with Gasteiger partial charge in [0, 0.05) is 49.2 Å². The number of benzene rings is 3. The molecule has 1 aliphatic rings. The fraction of sp³-hybridized carbons (Fsp3) is 0.192. The van der Waals surface area contributed by atoms with E-state index in [1.165, 1.54) is 5.56 Å². The van der Waals surface area contributed by atoms with E-state index < -0.39 is 5.91 Å². The Bertz CT molecular complexity index is 1240. The monoisotopic (exact) mass is 411 g/mol. The van der Waals surface area contributed by atoms with Crippen molar-refractivity contribution in [1.29, 1.82) is 0 Å². The molecule has 1 saturated heterocycles. The van der Waals surface area contributed by atoms with Gasteiger partial charge in [-0.25, -0.2) is 0 Å². The molecule has 3 N–H and O–H groups in total. The number of piperazine rings is 1. The zero-order chi connectivity index (χ0) is 21.2. The van der Waals surface area contributed by atoms with Gasteiger partial charge < -0.3 is 15.5 Å². The summed E-state index contributed by atoms with van der Waals surface area (Å²) >= 11 is 0. The second kappa shape index (κ2) is 8.38. The Morgan fingerprint density at radius 1 is 0.903 bits per heavy atom. The summed E-state index contributed by atoms with van der Waals surface area (Å²) in [4.78, 5) is 14.4. The molecule has 3 aromatic carbocycles. The molecule has 4 aromatic rings. The molecule has 0 radical (unpaired) electrons. The molecule has 5 rings (SSSR count). The smallest absolute Gasteiger partial charge is 0.249 e. The number of furan rings is 1. The van der Waals surface area contributed by atoms with Crippen molar-refractivity contribution < 1.29 is 9.21 Å². The third-order valence-electron chi connectivity index (χ3n) is 5.88. The summed E-state index contributed by atoms with van der Waals surface area (Å²) in [5.74, 6) is 0.344. The number of carbonyl (C=O) groups excluding carboxylic acids is 1. The number of fused-ring (bicyclic) bond motifs is 1. The first-order valence-corrected chi connectivity index (χ1v) is 10.6. The van der Waals surface area contributed by atoms with Crippen LogP contribution in [0.4, 0.5) is 0 Å². The molecule has 0 bridgehead atoms. The summed E-state index contributed by atoms with van der Waals surface area (Å²) in [6.45, 7) is 5.13. The molecular formula is C26H25N3O2. The number of carbonyl (C=O) groups is 1. The Balaban J connectivity index is 1.53. The van der Waals surface area contributed by atoms with Crippen LogP contribution in [0.5, 0.6) is 0 Å². The van der Waals surface area contributed by atoms with Gasteiger partial charge in [0.15, 0.2) is 0 Å². The van der Waals surface area contributed by atoms with Gasteiger partial charge in [0.25, 0.3) is 0 Å². The van der Waals surface area contributed by atoms with Crippen molar-refractivity contribution >= 4 is 16.9 Å². The standard InChI is InChI=1S/C26H25N3O2/c27-26(30)23-8-4-2-6-21(23)20-5-1-3-7-22(20)25-16-19-10-9-18(15-24(19)31-25)17-29-13-11-28-12-14-29/h1-10,15-16,28H,11-14,17H2,(H2,27,30). The molecule has 1 fully saturated rings. The normalized spacial score (nSPS) is 14.7. The van der Waals surface area contributed by atoms with E-state index in [9.17, 15) is 4.79 Å². The third kappa shape index (κ3) is 3.98. The third-order valence-corrected chi connectivity index (χ3v) is 5.88. The van der Waals surface area contributed by atoms with E-state index in [1.54, 1.807) is 6.07 Å². The van der Waals surface area contributed by atoms with Gasteiger partial charge in [0.1, 0.15) is 11.3 Å². The first-order valence-electron chi connectivity index (χ1n) is 10.6. The van der Waals surface area contributed by atoms with E-state index in [1.807, 2.05) is 42.5 Å². The minimum Gasteiger partial charge on any atom is -0.456 e. The highest BCUT2D eigenvalue weighted by molar-refractivity contribution is 6.02. The van der Waals surface area contributed by atoms with Crippen LogP contribution in [0.1, 0.15) is 15.9 Å². The average Bonchev–Trinajstić information content (AvgIpc) is 3.23. The Morgan fingerprint density at radius 3 is 2.39 bits per heavy atom. The highest BCUT2D eigenvalue weighted by atomic mass is 16.3. The predicted molar refractivity (Wildman–Crippen MR) is 124 cm³/mol. The van der Waals surface area contributed by atoms with Crippen LogP contribution in [0.15, 0.2) is 77.2 Å². The van der Waals surface area contributed by atoms with Crippen LogP contribution in [0.2, 0.25) is 0 Å². The maximum atomic E-state index is 12.0. The summed E-state index contributed by atoms with van der Waals surface area (Å²) < 4.78 is 6.30. The van der Waals surface area contributed by atoms with Crippen molar-refractivity contribution in [3.63, 3.8) is 0 Å². The fourth-order valence-electron chi connectivity index (χ4n) is 4.30. The summed E-state index contributed by atoms with van der Waals surface area (Å²) in [6, 6.07) is 23.9. The minimum atomic E-state index is -0.437. The van der Waals surface area contributed by atoms with Crippen LogP contribution < -0.4 is 11.1 Å². The predicted octanol–water partition coefficient (Wildman–Crippen LogP) is 4.27. The van der Waals surface area contributed by atoms with Crippen LogP contribution in [-0.4, -0.2) is 37.0 Å². The van der Waals surface area contributed by atoms with Gasteiger partial charge in [-0.3, -0.25) is 9.69 Å². The lowest BCUT2D eigenvalue weighted by molar-refractivity contribution is 0.100. The van der Waals surface area contributed by atoms with Gasteiger partial charge in [-0.2, -0.15) is 0 Å². The Kier molecular flexibility index (Phi) is 5.28. The highest BCUT2D eigenvalue weighted by Crippen LogP contribution is 2.36. The molecule has 0 unspecified atom stereocenters. The highest BCUT2D eigenvalue weighted by Gasteiger charge is 2.17. The van der Waals surface area contributed by atoms with Crippen molar-refractivity contribution in [3.05, 3.63) is 83.9 Å². The first kappa shape index (κ1) is 19.5. The number of hydrogen-bond acceptors (Lipinski definition) is 4. The summed E-state index contributed by atoms with van der Waals surface area (Å²) in [7, 11) is 0. The number of rotatable bonds is 5. The quantitative estimate of drug-likeness (QED) is 0.514. The molecule has 2 heterocycles. The molecule has 1 aromatic heterocycles. The summed E-state index contributed by atoms with van der Waals surface area (Å²) in [5, 5.41) is 4.46. The van der Waals surface area contributed by atoms with Crippen LogP contribution in [0.3, 0.4) is 0 Å². The number of hydrogen-bond donors (Lipinski definition) is 2.